The summed E-state index contributed by atoms with van der Waals surface area (Å²) in [4.78, 5) is 25.7. The predicted molar refractivity (Wildman–Crippen MR) is 146 cm³/mol. The van der Waals surface area contributed by atoms with Crippen LogP contribution in [0, 0.1) is 5.82 Å². The van der Waals surface area contributed by atoms with Crippen LogP contribution in [0.1, 0.15) is 22.3 Å². The summed E-state index contributed by atoms with van der Waals surface area (Å²) in [5, 5.41) is 3.33. The first-order valence-electron chi connectivity index (χ1n) is 11.9. The molecule has 0 unspecified atom stereocenters. The molecule has 0 spiro atoms. The Labute approximate surface area is 220 Å². The summed E-state index contributed by atoms with van der Waals surface area (Å²) in [5.41, 5.74) is 8.01. The number of nitrogens with zero attached hydrogens (tertiary/aromatic N) is 4. The van der Waals surface area contributed by atoms with Gasteiger partial charge < -0.3 is 16.0 Å². The van der Waals surface area contributed by atoms with E-state index in [1.54, 1.807) is 12.1 Å². The molecule has 1 aliphatic rings. The van der Waals surface area contributed by atoms with E-state index in [9.17, 15) is 9.18 Å². The van der Waals surface area contributed by atoms with Crippen molar-refractivity contribution in [3.8, 4) is 11.4 Å². The van der Waals surface area contributed by atoms with Crippen LogP contribution in [0.5, 0.6) is 0 Å². The normalized spacial score (nSPS) is 14.1. The number of halogens is 2. The number of benzene rings is 2. The highest BCUT2D eigenvalue weighted by Gasteiger charge is 2.18. The molecule has 1 aliphatic heterocycles. The summed E-state index contributed by atoms with van der Waals surface area (Å²) in [6.07, 6.45) is 4.78. The fraction of sp³-hybridized carbons (Fsp3) is 0.346. The van der Waals surface area contributed by atoms with Gasteiger partial charge in [0.2, 0.25) is 0 Å². The van der Waals surface area contributed by atoms with E-state index in [0.29, 0.717) is 16.4 Å². The lowest BCUT2D eigenvalue weighted by atomic mass is 10.1. The van der Waals surface area contributed by atoms with E-state index in [2.05, 4.69) is 43.5 Å². The topological polar surface area (TPSA) is 87.4 Å². The summed E-state index contributed by atoms with van der Waals surface area (Å²) < 4.78 is 14.2. The Morgan fingerprint density at radius 3 is 2.58 bits per heavy atom. The highest BCUT2D eigenvalue weighted by Crippen LogP contribution is 2.24. The van der Waals surface area contributed by atoms with Crippen molar-refractivity contribution < 1.29 is 9.18 Å². The van der Waals surface area contributed by atoms with Crippen LogP contribution in [0.3, 0.4) is 0 Å². The zero-order chi connectivity index (χ0) is 25.5. The summed E-state index contributed by atoms with van der Waals surface area (Å²) in [6, 6.07) is 12.5. The number of nitrogens with one attached hydrogen (secondary N) is 1. The van der Waals surface area contributed by atoms with Crippen LogP contribution in [0.2, 0.25) is 5.02 Å². The minimum atomic E-state index is -0.663. The van der Waals surface area contributed by atoms with E-state index in [1.165, 1.54) is 24.4 Å². The van der Waals surface area contributed by atoms with Gasteiger partial charge in [-0.2, -0.15) is 11.8 Å². The maximum atomic E-state index is 14.2. The molecule has 1 saturated heterocycles. The Morgan fingerprint density at radius 1 is 1.17 bits per heavy atom. The van der Waals surface area contributed by atoms with Crippen LogP contribution in [-0.2, 0) is 6.54 Å². The molecular weight excluding hydrogens is 499 g/mol. The van der Waals surface area contributed by atoms with Gasteiger partial charge in [0.1, 0.15) is 11.6 Å². The van der Waals surface area contributed by atoms with E-state index in [1.807, 2.05) is 23.9 Å². The van der Waals surface area contributed by atoms with E-state index in [4.69, 9.17) is 17.3 Å². The second-order valence-corrected chi connectivity index (χ2v) is 10.1. The van der Waals surface area contributed by atoms with Gasteiger partial charge in [-0.15, -0.1) is 0 Å². The summed E-state index contributed by atoms with van der Waals surface area (Å²) >= 11 is 7.73. The van der Waals surface area contributed by atoms with Crippen LogP contribution in [0.15, 0.2) is 48.7 Å². The third-order valence-electron chi connectivity index (χ3n) is 6.20. The molecule has 10 heteroatoms. The molecule has 36 heavy (non-hydrogen) atoms. The number of thioether (sulfide) groups is 1. The van der Waals surface area contributed by atoms with Crippen molar-refractivity contribution in [2.45, 2.75) is 13.0 Å². The first kappa shape index (κ1) is 26.2. The average molecular weight is 529 g/mol. The largest absolute Gasteiger partial charge is 0.369 e. The lowest BCUT2D eigenvalue weighted by Gasteiger charge is -2.36. The van der Waals surface area contributed by atoms with Crippen molar-refractivity contribution in [3.63, 3.8) is 0 Å². The highest BCUT2D eigenvalue weighted by molar-refractivity contribution is 7.98. The molecule has 1 fully saturated rings. The van der Waals surface area contributed by atoms with Gasteiger partial charge in [-0.3, -0.25) is 9.69 Å². The number of aromatic nitrogens is 2. The Balaban J connectivity index is 1.44. The lowest BCUT2D eigenvalue weighted by molar-refractivity contribution is 0.100. The maximum Gasteiger partial charge on any atom is 0.254 e. The minimum Gasteiger partial charge on any atom is -0.369 e. The van der Waals surface area contributed by atoms with Crippen molar-refractivity contribution in [3.05, 3.63) is 70.6 Å². The number of amides is 1. The molecule has 0 atom stereocenters. The Hall–Kier alpha value is -2.88. The predicted octanol–water partition coefficient (Wildman–Crippen LogP) is 4.52. The number of rotatable bonds is 10. The molecule has 1 amide bonds. The van der Waals surface area contributed by atoms with Crippen LogP contribution >= 0.6 is 23.4 Å². The Bertz CT molecular complexity index is 1190. The van der Waals surface area contributed by atoms with Crippen molar-refractivity contribution in [2.24, 2.45) is 5.73 Å². The molecule has 3 N–H and O–H groups in total. The smallest absolute Gasteiger partial charge is 0.254 e. The molecule has 0 bridgehead atoms. The van der Waals surface area contributed by atoms with Gasteiger partial charge in [-0.1, -0.05) is 17.7 Å². The Kier molecular flexibility index (Phi) is 9.01. The standard InChI is InChI=1S/C26H30ClFN6OS/c1-36-14-2-9-33-10-12-34(13-11-33)21-7-4-18(5-8-21)25-31-17-22(24(29)35)26(32-25)30-16-19-3-6-20(27)15-23(19)28/h3-8,15,17H,2,9-14,16H2,1H3,(H2,29,35)(H,30,31,32). The monoisotopic (exact) mass is 528 g/mol. The fourth-order valence-electron chi connectivity index (χ4n) is 4.16. The molecule has 0 saturated carbocycles. The van der Waals surface area contributed by atoms with Crippen LogP contribution in [0.25, 0.3) is 11.4 Å². The second-order valence-electron chi connectivity index (χ2n) is 8.63. The van der Waals surface area contributed by atoms with E-state index >= 15 is 0 Å². The third kappa shape index (κ3) is 6.66. The quantitative estimate of drug-likeness (QED) is 0.374. The van der Waals surface area contributed by atoms with E-state index in [-0.39, 0.29) is 17.9 Å². The van der Waals surface area contributed by atoms with Crippen molar-refractivity contribution in [2.75, 3.05) is 54.9 Å². The third-order valence-corrected chi connectivity index (χ3v) is 7.13. The maximum absolute atomic E-state index is 14.2. The van der Waals surface area contributed by atoms with Gasteiger partial charge in [0.25, 0.3) is 5.91 Å². The van der Waals surface area contributed by atoms with E-state index < -0.39 is 11.7 Å². The number of anilines is 2. The van der Waals surface area contributed by atoms with E-state index in [0.717, 1.165) is 44.0 Å². The molecule has 0 radical (unpaired) electrons. The van der Waals surface area contributed by atoms with Gasteiger partial charge >= 0.3 is 0 Å². The van der Waals surface area contributed by atoms with Gasteiger partial charge in [0, 0.05) is 60.8 Å². The zero-order valence-electron chi connectivity index (χ0n) is 20.2. The molecule has 0 aliphatic carbocycles. The molecular formula is C26H30ClFN6OS. The van der Waals surface area contributed by atoms with Crippen molar-refractivity contribution >= 4 is 40.8 Å². The molecule has 3 aromatic rings. The number of piperazine rings is 1. The van der Waals surface area contributed by atoms with Crippen molar-refractivity contribution in [1.29, 1.82) is 0 Å². The van der Waals surface area contributed by atoms with Crippen LogP contribution in [0.4, 0.5) is 15.9 Å². The molecule has 7 nitrogen and oxygen atoms in total. The summed E-state index contributed by atoms with van der Waals surface area (Å²) in [6.45, 7) is 5.40. The molecule has 2 aromatic carbocycles. The molecule has 190 valence electrons. The van der Waals surface area contributed by atoms with Crippen LogP contribution < -0.4 is 16.0 Å². The lowest BCUT2D eigenvalue weighted by Crippen LogP contribution is -2.46. The number of hydrogen-bond acceptors (Lipinski definition) is 7. The van der Waals surface area contributed by atoms with Gasteiger partial charge in [0.05, 0.1) is 5.56 Å². The average Bonchev–Trinajstić information content (AvgIpc) is 2.88. The highest BCUT2D eigenvalue weighted by atomic mass is 35.5. The second kappa shape index (κ2) is 12.4. The van der Waals surface area contributed by atoms with Crippen LogP contribution in [-0.4, -0.2) is 65.5 Å². The summed E-state index contributed by atoms with van der Waals surface area (Å²) in [5.74, 6) is 0.803. The molecule has 4 rings (SSSR count). The minimum absolute atomic E-state index is 0.113. The number of hydrogen-bond donors (Lipinski definition) is 2. The van der Waals surface area contributed by atoms with Gasteiger partial charge in [0.15, 0.2) is 5.82 Å². The summed E-state index contributed by atoms with van der Waals surface area (Å²) in [7, 11) is 0. The number of carbonyl (C=O) groups is 1. The number of primary amides is 1. The zero-order valence-corrected chi connectivity index (χ0v) is 21.8. The molecule has 1 aromatic heterocycles. The Morgan fingerprint density at radius 2 is 1.92 bits per heavy atom. The number of carbonyl (C=O) groups excluding carboxylic acids is 1. The van der Waals surface area contributed by atoms with Gasteiger partial charge in [-0.05, 0) is 61.4 Å². The first-order chi connectivity index (χ1) is 17.4. The SMILES string of the molecule is CSCCCN1CCN(c2ccc(-c3ncc(C(N)=O)c(NCc4ccc(Cl)cc4F)n3)cc2)CC1. The molecule has 2 heterocycles. The fourth-order valence-corrected chi connectivity index (χ4v) is 4.74. The number of nitrogens with two attached hydrogens (primary N) is 1. The first-order valence-corrected chi connectivity index (χ1v) is 13.6. The van der Waals surface area contributed by atoms with Crippen molar-refractivity contribution in [1.82, 2.24) is 14.9 Å². The van der Waals surface area contributed by atoms with Gasteiger partial charge in [-0.25, -0.2) is 14.4 Å².